The Balaban J connectivity index is 2.05. The summed E-state index contributed by atoms with van der Waals surface area (Å²) < 4.78 is 0. The average Bonchev–Trinajstić information content (AvgIpc) is 2.48. The number of carbonyl (C=O) groups is 2. The summed E-state index contributed by atoms with van der Waals surface area (Å²) in [7, 11) is 0. The lowest BCUT2D eigenvalue weighted by Crippen LogP contribution is -2.49. The van der Waals surface area contributed by atoms with Crippen molar-refractivity contribution in [3.8, 4) is 0 Å². The Morgan fingerprint density at radius 3 is 2.08 bits per heavy atom. The van der Waals surface area contributed by atoms with E-state index in [9.17, 15) is 9.59 Å². The van der Waals surface area contributed by atoms with Gasteiger partial charge in [0.15, 0.2) is 0 Å². The fourth-order valence-electron chi connectivity index (χ4n) is 1.63. The minimum Gasteiger partial charge on any atom is -0.273 e. The lowest BCUT2D eigenvalue weighted by atomic mass is 10.4. The average molecular weight is 200 g/mol. The largest absolute Gasteiger partial charge is 0.273 e. The van der Waals surface area contributed by atoms with Crippen molar-refractivity contribution in [1.82, 2.24) is 10.0 Å². The van der Waals surface area contributed by atoms with E-state index in [2.05, 4.69) is 0 Å². The van der Waals surface area contributed by atoms with Gasteiger partial charge in [0, 0.05) is 37.4 Å². The van der Waals surface area contributed by atoms with Gasteiger partial charge in [0.2, 0.25) is 11.8 Å². The highest BCUT2D eigenvalue weighted by Gasteiger charge is 2.34. The molecule has 72 valence electrons. The minimum absolute atomic E-state index is 0.0306. The second kappa shape index (κ2) is 3.67. The first-order valence-electron chi connectivity index (χ1n) is 4.47. The molecule has 2 heterocycles. The van der Waals surface area contributed by atoms with Crippen molar-refractivity contribution in [2.24, 2.45) is 0 Å². The molecular formula is C8H12N2O2S. The van der Waals surface area contributed by atoms with Crippen molar-refractivity contribution in [3.63, 3.8) is 0 Å². The van der Waals surface area contributed by atoms with E-state index in [0.29, 0.717) is 12.8 Å². The number of amides is 2. The van der Waals surface area contributed by atoms with Gasteiger partial charge in [0.05, 0.1) is 0 Å². The summed E-state index contributed by atoms with van der Waals surface area (Å²) in [5.74, 6) is 1.96. The third-order valence-electron chi connectivity index (χ3n) is 2.30. The molecule has 0 aromatic heterocycles. The molecule has 0 saturated carbocycles. The topological polar surface area (TPSA) is 40.6 Å². The monoisotopic (exact) mass is 200 g/mol. The van der Waals surface area contributed by atoms with E-state index in [1.165, 1.54) is 5.01 Å². The molecule has 2 rings (SSSR count). The number of rotatable bonds is 1. The molecule has 2 saturated heterocycles. The molecule has 0 unspecified atom stereocenters. The van der Waals surface area contributed by atoms with Crippen LogP contribution in [0.25, 0.3) is 0 Å². The van der Waals surface area contributed by atoms with Crippen molar-refractivity contribution < 1.29 is 9.59 Å². The van der Waals surface area contributed by atoms with Gasteiger partial charge in [-0.25, -0.2) is 10.0 Å². The zero-order valence-electron chi connectivity index (χ0n) is 7.36. The highest BCUT2D eigenvalue weighted by Crippen LogP contribution is 2.18. The molecule has 0 spiro atoms. The number of hydrogen-bond acceptors (Lipinski definition) is 4. The smallest absolute Gasteiger partial charge is 0.244 e. The predicted molar refractivity (Wildman–Crippen MR) is 50.0 cm³/mol. The Bertz CT molecular complexity index is 222. The molecule has 4 nitrogen and oxygen atoms in total. The molecule has 0 radical (unpaired) electrons. The van der Waals surface area contributed by atoms with Gasteiger partial charge in [0.1, 0.15) is 0 Å². The van der Waals surface area contributed by atoms with Gasteiger partial charge in [0.25, 0.3) is 0 Å². The van der Waals surface area contributed by atoms with Crippen LogP contribution in [0.3, 0.4) is 0 Å². The van der Waals surface area contributed by atoms with Crippen LogP contribution < -0.4 is 0 Å². The first kappa shape index (κ1) is 9.02. The molecular weight excluding hydrogens is 188 g/mol. The van der Waals surface area contributed by atoms with Crippen LogP contribution in [-0.4, -0.2) is 46.4 Å². The highest BCUT2D eigenvalue weighted by atomic mass is 32.2. The molecule has 5 heteroatoms. The third-order valence-corrected chi connectivity index (χ3v) is 3.24. The zero-order valence-corrected chi connectivity index (χ0v) is 8.18. The van der Waals surface area contributed by atoms with Crippen molar-refractivity contribution >= 4 is 23.6 Å². The zero-order chi connectivity index (χ0) is 9.26. The van der Waals surface area contributed by atoms with E-state index in [4.69, 9.17) is 0 Å². The number of hydrazine groups is 1. The van der Waals surface area contributed by atoms with Crippen molar-refractivity contribution in [2.75, 3.05) is 24.6 Å². The second-order valence-corrected chi connectivity index (χ2v) is 4.39. The Morgan fingerprint density at radius 2 is 1.54 bits per heavy atom. The van der Waals surface area contributed by atoms with E-state index in [0.717, 1.165) is 24.6 Å². The van der Waals surface area contributed by atoms with E-state index < -0.39 is 0 Å². The summed E-state index contributed by atoms with van der Waals surface area (Å²) in [5, 5.41) is 3.23. The quantitative estimate of drug-likeness (QED) is 0.563. The maximum atomic E-state index is 11.3. The van der Waals surface area contributed by atoms with Crippen LogP contribution in [0.15, 0.2) is 0 Å². The van der Waals surface area contributed by atoms with Gasteiger partial charge in [-0.3, -0.25) is 9.59 Å². The Kier molecular flexibility index (Phi) is 2.55. The van der Waals surface area contributed by atoms with E-state index >= 15 is 0 Å². The molecule has 0 N–H and O–H groups in total. The maximum Gasteiger partial charge on any atom is 0.244 e. The minimum atomic E-state index is -0.0306. The van der Waals surface area contributed by atoms with Gasteiger partial charge in [-0.05, 0) is 0 Å². The lowest BCUT2D eigenvalue weighted by Gasteiger charge is -2.32. The van der Waals surface area contributed by atoms with Crippen LogP contribution in [0.4, 0.5) is 0 Å². The van der Waals surface area contributed by atoms with Crippen LogP contribution >= 0.6 is 11.8 Å². The molecule has 13 heavy (non-hydrogen) atoms. The van der Waals surface area contributed by atoms with E-state index in [1.807, 2.05) is 16.8 Å². The summed E-state index contributed by atoms with van der Waals surface area (Å²) in [5.41, 5.74) is 0. The van der Waals surface area contributed by atoms with Crippen LogP contribution in [-0.2, 0) is 9.59 Å². The summed E-state index contributed by atoms with van der Waals surface area (Å²) in [4.78, 5) is 22.7. The number of imide groups is 1. The number of hydrogen-bond donors (Lipinski definition) is 0. The second-order valence-electron chi connectivity index (χ2n) is 3.17. The van der Waals surface area contributed by atoms with Gasteiger partial charge in [-0.2, -0.15) is 11.8 Å². The van der Waals surface area contributed by atoms with Gasteiger partial charge in [-0.15, -0.1) is 0 Å². The Morgan fingerprint density at radius 1 is 1.00 bits per heavy atom. The lowest BCUT2D eigenvalue weighted by molar-refractivity contribution is -0.156. The molecule has 2 amide bonds. The third kappa shape index (κ3) is 1.71. The van der Waals surface area contributed by atoms with Crippen LogP contribution in [0.1, 0.15) is 12.8 Å². The molecule has 2 aliphatic heterocycles. The maximum absolute atomic E-state index is 11.3. The molecule has 2 fully saturated rings. The molecule has 0 aromatic rings. The highest BCUT2D eigenvalue weighted by molar-refractivity contribution is 7.99. The first-order chi connectivity index (χ1) is 6.29. The van der Waals surface area contributed by atoms with Crippen molar-refractivity contribution in [3.05, 3.63) is 0 Å². The van der Waals surface area contributed by atoms with Crippen LogP contribution in [0.2, 0.25) is 0 Å². The molecule has 0 bridgehead atoms. The van der Waals surface area contributed by atoms with E-state index in [1.54, 1.807) is 0 Å². The Labute approximate surface area is 81.2 Å². The summed E-state index contributed by atoms with van der Waals surface area (Å²) in [6.45, 7) is 1.64. The SMILES string of the molecule is O=C1CCC(=O)N1N1CCSCC1. The summed E-state index contributed by atoms with van der Waals surface area (Å²) in [6, 6.07) is 0. The summed E-state index contributed by atoms with van der Waals surface area (Å²) in [6.07, 6.45) is 0.783. The molecule has 2 aliphatic rings. The normalized spacial score (nSPS) is 25.7. The molecule has 0 aromatic carbocycles. The number of carbonyl (C=O) groups excluding carboxylic acids is 2. The van der Waals surface area contributed by atoms with Crippen molar-refractivity contribution in [1.29, 1.82) is 0 Å². The fraction of sp³-hybridized carbons (Fsp3) is 0.750. The Hall–Kier alpha value is -0.550. The van der Waals surface area contributed by atoms with Gasteiger partial charge < -0.3 is 0 Å². The standard InChI is InChI=1S/C8H12N2O2S/c11-7-1-2-8(12)10(7)9-3-5-13-6-4-9/h1-6H2. The van der Waals surface area contributed by atoms with Crippen LogP contribution in [0.5, 0.6) is 0 Å². The molecule has 0 atom stereocenters. The number of nitrogens with zero attached hydrogens (tertiary/aromatic N) is 2. The van der Waals surface area contributed by atoms with Gasteiger partial charge >= 0.3 is 0 Å². The summed E-state index contributed by atoms with van der Waals surface area (Å²) >= 11 is 1.87. The van der Waals surface area contributed by atoms with Crippen molar-refractivity contribution in [2.45, 2.75) is 12.8 Å². The van der Waals surface area contributed by atoms with E-state index in [-0.39, 0.29) is 11.8 Å². The van der Waals surface area contributed by atoms with Crippen LogP contribution in [0, 0.1) is 0 Å². The first-order valence-corrected chi connectivity index (χ1v) is 5.63. The molecule has 0 aliphatic carbocycles. The van der Waals surface area contributed by atoms with Gasteiger partial charge in [-0.1, -0.05) is 0 Å². The number of thioether (sulfide) groups is 1. The fourth-order valence-corrected chi connectivity index (χ4v) is 2.52. The predicted octanol–water partition coefficient (Wildman–Crippen LogP) is 0.0992.